The lowest BCUT2D eigenvalue weighted by atomic mass is 10.1. The molecule has 0 unspecified atom stereocenters. The molecule has 2 N–H and O–H groups in total. The second-order valence-corrected chi connectivity index (χ2v) is 4.92. The SMILES string of the molecule is C[C@H]1CN(C(=O)N[C@@H]2CCCCNC2=O)CCO1. The number of morpholine rings is 1. The Morgan fingerprint density at radius 1 is 1.50 bits per heavy atom. The molecule has 2 aliphatic heterocycles. The van der Waals surface area contributed by atoms with Crippen LogP contribution in [-0.2, 0) is 9.53 Å². The summed E-state index contributed by atoms with van der Waals surface area (Å²) in [5.41, 5.74) is 0. The molecule has 2 heterocycles. The van der Waals surface area contributed by atoms with E-state index in [2.05, 4.69) is 10.6 Å². The summed E-state index contributed by atoms with van der Waals surface area (Å²) < 4.78 is 5.39. The number of amides is 3. The first-order valence-corrected chi connectivity index (χ1v) is 6.61. The van der Waals surface area contributed by atoms with Gasteiger partial charge in [0.05, 0.1) is 12.7 Å². The largest absolute Gasteiger partial charge is 0.375 e. The maximum absolute atomic E-state index is 12.0. The van der Waals surface area contributed by atoms with Crippen LogP contribution >= 0.6 is 0 Å². The molecule has 2 fully saturated rings. The fraction of sp³-hybridized carbons (Fsp3) is 0.833. The normalized spacial score (nSPS) is 29.4. The second kappa shape index (κ2) is 6.04. The van der Waals surface area contributed by atoms with Gasteiger partial charge >= 0.3 is 6.03 Å². The van der Waals surface area contributed by atoms with Gasteiger partial charge in [-0.2, -0.15) is 0 Å². The summed E-state index contributed by atoms with van der Waals surface area (Å²) in [6, 6.07) is -0.551. The molecule has 0 radical (unpaired) electrons. The topological polar surface area (TPSA) is 70.7 Å². The molecule has 2 saturated heterocycles. The molecule has 0 aromatic rings. The van der Waals surface area contributed by atoms with Crippen LogP contribution in [-0.4, -0.2) is 55.2 Å². The first-order valence-electron chi connectivity index (χ1n) is 6.61. The van der Waals surface area contributed by atoms with Gasteiger partial charge in [0.2, 0.25) is 5.91 Å². The standard InChI is InChI=1S/C12H21N3O3/c1-9-8-15(6-7-18-9)12(17)14-10-4-2-3-5-13-11(10)16/h9-10H,2-8H2,1H3,(H,13,16)(H,14,17)/t9-,10+/m0/s1. The third-order valence-corrected chi connectivity index (χ3v) is 3.36. The molecule has 0 saturated carbocycles. The maximum atomic E-state index is 12.0. The van der Waals surface area contributed by atoms with Crippen LogP contribution in [0.25, 0.3) is 0 Å². The molecule has 0 bridgehead atoms. The quantitative estimate of drug-likeness (QED) is 0.697. The van der Waals surface area contributed by atoms with Crippen molar-refractivity contribution in [2.75, 3.05) is 26.2 Å². The van der Waals surface area contributed by atoms with Crippen molar-refractivity contribution < 1.29 is 14.3 Å². The Hall–Kier alpha value is -1.30. The zero-order valence-electron chi connectivity index (χ0n) is 10.8. The molecular weight excluding hydrogens is 234 g/mol. The molecule has 18 heavy (non-hydrogen) atoms. The predicted octanol–water partition coefficient (Wildman–Crippen LogP) is 0.0854. The summed E-state index contributed by atoms with van der Waals surface area (Å²) in [5.74, 6) is -0.0674. The minimum absolute atomic E-state index is 0.0625. The molecule has 0 spiro atoms. The van der Waals surface area contributed by atoms with Crippen molar-refractivity contribution in [1.29, 1.82) is 0 Å². The molecule has 0 aliphatic carbocycles. The highest BCUT2D eigenvalue weighted by Crippen LogP contribution is 2.08. The Labute approximate surface area is 107 Å². The first-order chi connectivity index (χ1) is 8.66. The van der Waals surface area contributed by atoms with E-state index in [9.17, 15) is 9.59 Å². The minimum Gasteiger partial charge on any atom is -0.375 e. The van der Waals surface area contributed by atoms with Crippen molar-refractivity contribution in [1.82, 2.24) is 15.5 Å². The second-order valence-electron chi connectivity index (χ2n) is 4.92. The van der Waals surface area contributed by atoms with Crippen LogP contribution in [0.2, 0.25) is 0 Å². The number of hydrogen-bond donors (Lipinski definition) is 2. The highest BCUT2D eigenvalue weighted by molar-refractivity contribution is 5.87. The number of nitrogens with zero attached hydrogens (tertiary/aromatic N) is 1. The fourth-order valence-corrected chi connectivity index (χ4v) is 2.32. The van der Waals surface area contributed by atoms with Gasteiger partial charge in [0.15, 0.2) is 0 Å². The third kappa shape index (κ3) is 3.35. The van der Waals surface area contributed by atoms with Crippen LogP contribution in [0.1, 0.15) is 26.2 Å². The van der Waals surface area contributed by atoms with E-state index in [1.165, 1.54) is 0 Å². The van der Waals surface area contributed by atoms with Crippen LogP contribution in [0.4, 0.5) is 4.79 Å². The van der Waals surface area contributed by atoms with E-state index in [4.69, 9.17) is 4.74 Å². The van der Waals surface area contributed by atoms with Crippen molar-refractivity contribution in [2.45, 2.75) is 38.3 Å². The van der Waals surface area contributed by atoms with Gasteiger partial charge in [0.25, 0.3) is 0 Å². The van der Waals surface area contributed by atoms with Gasteiger partial charge in [-0.25, -0.2) is 4.79 Å². The minimum atomic E-state index is -0.391. The fourth-order valence-electron chi connectivity index (χ4n) is 2.32. The Kier molecular flexibility index (Phi) is 4.41. The van der Waals surface area contributed by atoms with Crippen LogP contribution in [0.3, 0.4) is 0 Å². The Bertz CT molecular complexity index is 322. The molecule has 2 atom stereocenters. The van der Waals surface area contributed by atoms with E-state index in [1.54, 1.807) is 4.90 Å². The molecule has 6 heteroatoms. The number of ether oxygens (including phenoxy) is 1. The number of nitrogens with one attached hydrogen (secondary N) is 2. The van der Waals surface area contributed by atoms with E-state index in [-0.39, 0.29) is 18.0 Å². The monoisotopic (exact) mass is 255 g/mol. The number of urea groups is 1. The smallest absolute Gasteiger partial charge is 0.318 e. The van der Waals surface area contributed by atoms with Crippen LogP contribution in [0.15, 0.2) is 0 Å². The van der Waals surface area contributed by atoms with Gasteiger partial charge in [0, 0.05) is 19.6 Å². The van der Waals surface area contributed by atoms with E-state index < -0.39 is 6.04 Å². The van der Waals surface area contributed by atoms with Gasteiger partial charge in [0.1, 0.15) is 6.04 Å². The zero-order chi connectivity index (χ0) is 13.0. The number of carbonyl (C=O) groups is 2. The molecule has 102 valence electrons. The van der Waals surface area contributed by atoms with Crippen molar-refractivity contribution in [3.63, 3.8) is 0 Å². The van der Waals surface area contributed by atoms with E-state index in [1.807, 2.05) is 6.92 Å². The van der Waals surface area contributed by atoms with Crippen molar-refractivity contribution in [3.8, 4) is 0 Å². The summed E-state index contributed by atoms with van der Waals surface area (Å²) in [6.07, 6.45) is 2.72. The summed E-state index contributed by atoms with van der Waals surface area (Å²) in [7, 11) is 0. The van der Waals surface area contributed by atoms with Gasteiger partial charge in [-0.15, -0.1) is 0 Å². The van der Waals surface area contributed by atoms with Crippen LogP contribution < -0.4 is 10.6 Å². The summed E-state index contributed by atoms with van der Waals surface area (Å²) in [5, 5.41) is 5.63. The number of rotatable bonds is 1. The Balaban J connectivity index is 1.87. The maximum Gasteiger partial charge on any atom is 0.318 e. The van der Waals surface area contributed by atoms with E-state index in [0.29, 0.717) is 26.2 Å². The lowest BCUT2D eigenvalue weighted by molar-refractivity contribution is -0.122. The molecule has 0 aromatic carbocycles. The van der Waals surface area contributed by atoms with Gasteiger partial charge in [-0.05, 0) is 26.2 Å². The molecule has 0 aromatic heterocycles. The Morgan fingerprint density at radius 3 is 3.11 bits per heavy atom. The van der Waals surface area contributed by atoms with Gasteiger partial charge < -0.3 is 20.3 Å². The molecule has 6 nitrogen and oxygen atoms in total. The lowest BCUT2D eigenvalue weighted by Crippen LogP contribution is -2.54. The summed E-state index contributed by atoms with van der Waals surface area (Å²) in [4.78, 5) is 25.5. The molecule has 3 amide bonds. The number of carbonyl (C=O) groups excluding carboxylic acids is 2. The third-order valence-electron chi connectivity index (χ3n) is 3.36. The molecule has 2 aliphatic rings. The van der Waals surface area contributed by atoms with Crippen LogP contribution in [0.5, 0.6) is 0 Å². The summed E-state index contributed by atoms with van der Waals surface area (Å²) in [6.45, 7) is 4.38. The highest BCUT2D eigenvalue weighted by Gasteiger charge is 2.27. The van der Waals surface area contributed by atoms with E-state index >= 15 is 0 Å². The lowest BCUT2D eigenvalue weighted by Gasteiger charge is -2.32. The molecular formula is C12H21N3O3. The van der Waals surface area contributed by atoms with Crippen molar-refractivity contribution in [3.05, 3.63) is 0 Å². The number of hydrogen-bond acceptors (Lipinski definition) is 3. The van der Waals surface area contributed by atoms with Gasteiger partial charge in [-0.1, -0.05) is 0 Å². The van der Waals surface area contributed by atoms with E-state index in [0.717, 1.165) is 19.3 Å². The Morgan fingerprint density at radius 2 is 2.33 bits per heavy atom. The van der Waals surface area contributed by atoms with Crippen molar-refractivity contribution in [2.24, 2.45) is 0 Å². The van der Waals surface area contributed by atoms with Crippen LogP contribution in [0, 0.1) is 0 Å². The highest BCUT2D eigenvalue weighted by atomic mass is 16.5. The predicted molar refractivity (Wildman–Crippen MR) is 66.2 cm³/mol. The summed E-state index contributed by atoms with van der Waals surface area (Å²) >= 11 is 0. The average molecular weight is 255 g/mol. The van der Waals surface area contributed by atoms with Gasteiger partial charge in [-0.3, -0.25) is 4.79 Å². The van der Waals surface area contributed by atoms with Crippen molar-refractivity contribution >= 4 is 11.9 Å². The zero-order valence-corrected chi connectivity index (χ0v) is 10.8. The molecule has 2 rings (SSSR count). The first kappa shape index (κ1) is 13.1. The average Bonchev–Trinajstić information content (AvgIpc) is 2.55.